The highest BCUT2D eigenvalue weighted by Crippen LogP contribution is 2.36. The fourth-order valence-electron chi connectivity index (χ4n) is 4.79. The van der Waals surface area contributed by atoms with Crippen LogP contribution in [-0.2, 0) is 9.59 Å². The van der Waals surface area contributed by atoms with Crippen LogP contribution in [0.5, 0.6) is 11.5 Å². The number of hydrogen-bond acceptors (Lipinski definition) is 6. The maximum atomic E-state index is 12.9. The summed E-state index contributed by atoms with van der Waals surface area (Å²) in [5.41, 5.74) is 2.59. The summed E-state index contributed by atoms with van der Waals surface area (Å²) in [5, 5.41) is 6.92. The molecule has 3 N–H and O–H groups in total. The van der Waals surface area contributed by atoms with E-state index >= 15 is 0 Å². The minimum absolute atomic E-state index is 0.0433. The van der Waals surface area contributed by atoms with Crippen molar-refractivity contribution < 1.29 is 23.9 Å². The predicted octanol–water partition coefficient (Wildman–Crippen LogP) is 2.67. The number of ether oxygens (including phenoxy) is 2. The van der Waals surface area contributed by atoms with E-state index in [9.17, 15) is 14.4 Å². The molecule has 180 valence electrons. The number of nitrogens with one attached hydrogen (secondary N) is 3. The normalized spacial score (nSPS) is 25.7. The molecule has 3 aliphatic rings. The molecule has 1 saturated carbocycles. The van der Waals surface area contributed by atoms with Gasteiger partial charge in [0, 0.05) is 12.5 Å². The lowest BCUT2D eigenvalue weighted by atomic mass is 9.77. The fourth-order valence-corrected chi connectivity index (χ4v) is 4.79. The molecule has 0 radical (unpaired) electrons. The van der Waals surface area contributed by atoms with Gasteiger partial charge in [0.15, 0.2) is 11.5 Å². The summed E-state index contributed by atoms with van der Waals surface area (Å²) < 4.78 is 11.5. The zero-order chi connectivity index (χ0) is 23.6. The summed E-state index contributed by atoms with van der Waals surface area (Å²) in [5.74, 6) is 1.34. The molecule has 4 amide bonds. The van der Waals surface area contributed by atoms with Gasteiger partial charge >= 0.3 is 6.03 Å². The number of imide groups is 1. The molecule has 9 nitrogen and oxygen atoms in total. The van der Waals surface area contributed by atoms with E-state index in [0.29, 0.717) is 37.7 Å². The summed E-state index contributed by atoms with van der Waals surface area (Å²) >= 11 is 0. The Morgan fingerprint density at radius 1 is 1.18 bits per heavy atom. The van der Waals surface area contributed by atoms with Gasteiger partial charge in [-0.3, -0.25) is 15.0 Å². The molecule has 1 saturated heterocycles. The number of amides is 4. The lowest BCUT2D eigenvalue weighted by Crippen LogP contribution is -2.52. The molecule has 4 rings (SSSR count). The molecule has 33 heavy (non-hydrogen) atoms. The average molecular weight is 459 g/mol. The third-order valence-corrected chi connectivity index (χ3v) is 6.81. The number of rotatable bonds is 6. The van der Waals surface area contributed by atoms with Crippen LogP contribution in [0.2, 0.25) is 0 Å². The van der Waals surface area contributed by atoms with Crippen LogP contribution in [0, 0.1) is 11.8 Å². The predicted molar refractivity (Wildman–Crippen MR) is 122 cm³/mol. The molecule has 1 aromatic rings. The van der Waals surface area contributed by atoms with Crippen molar-refractivity contribution >= 4 is 17.8 Å². The van der Waals surface area contributed by atoms with Gasteiger partial charge in [-0.1, -0.05) is 26.8 Å². The van der Waals surface area contributed by atoms with Crippen molar-refractivity contribution in [3.05, 3.63) is 23.8 Å². The Labute approximate surface area is 194 Å². The van der Waals surface area contributed by atoms with E-state index < -0.39 is 17.5 Å². The Morgan fingerprint density at radius 3 is 2.58 bits per heavy atom. The maximum Gasteiger partial charge on any atom is 0.344 e. The molecule has 1 spiro atoms. The van der Waals surface area contributed by atoms with Gasteiger partial charge in [-0.15, -0.1) is 0 Å². The summed E-state index contributed by atoms with van der Waals surface area (Å²) in [6.45, 7) is 7.45. The van der Waals surface area contributed by atoms with E-state index in [4.69, 9.17) is 9.47 Å². The van der Waals surface area contributed by atoms with E-state index in [1.165, 1.54) is 0 Å². The van der Waals surface area contributed by atoms with Gasteiger partial charge in [-0.05, 0) is 55.2 Å². The second-order valence-corrected chi connectivity index (χ2v) is 9.73. The van der Waals surface area contributed by atoms with Crippen LogP contribution in [0.25, 0.3) is 0 Å². The standard InChI is InChI=1S/C24H34N4O5/c1-15(2)21(17-5-6-18-19(13-17)33-12-4-11-32-18)25-14-20(29)27-28-22(30)24(26-23(28)31)9-7-16(3)8-10-24/h5-6,13,15-16,21,25H,4,7-12,14H2,1-3H3,(H,26,31)(H,27,29)/t16?,21-,24?/m0/s1. The zero-order valence-electron chi connectivity index (χ0n) is 19.6. The molecule has 2 heterocycles. The fraction of sp³-hybridized carbons (Fsp3) is 0.625. The van der Waals surface area contributed by atoms with Crippen molar-refractivity contribution in [2.45, 2.75) is 64.5 Å². The molecule has 0 unspecified atom stereocenters. The van der Waals surface area contributed by atoms with Crippen molar-refractivity contribution in [1.29, 1.82) is 0 Å². The Hall–Kier alpha value is -2.81. The van der Waals surface area contributed by atoms with E-state index in [-0.39, 0.29) is 24.4 Å². The molecule has 1 aromatic carbocycles. The van der Waals surface area contributed by atoms with E-state index in [1.54, 1.807) is 0 Å². The van der Waals surface area contributed by atoms with Crippen LogP contribution in [0.3, 0.4) is 0 Å². The Balaban J connectivity index is 1.37. The average Bonchev–Trinajstić information content (AvgIpc) is 2.93. The molecule has 2 aliphatic heterocycles. The first kappa shape index (κ1) is 23.4. The van der Waals surface area contributed by atoms with Crippen molar-refractivity contribution in [3.63, 3.8) is 0 Å². The third-order valence-electron chi connectivity index (χ3n) is 6.81. The second kappa shape index (κ2) is 9.59. The minimum Gasteiger partial charge on any atom is -0.490 e. The van der Waals surface area contributed by atoms with Crippen LogP contribution in [0.15, 0.2) is 18.2 Å². The highest BCUT2D eigenvalue weighted by Gasteiger charge is 2.52. The summed E-state index contributed by atoms with van der Waals surface area (Å²) in [7, 11) is 0. The number of carbonyl (C=O) groups is 3. The number of benzene rings is 1. The van der Waals surface area contributed by atoms with Gasteiger partial charge in [0.05, 0.1) is 19.8 Å². The first-order chi connectivity index (χ1) is 15.8. The molecule has 0 bridgehead atoms. The lowest BCUT2D eigenvalue weighted by Gasteiger charge is -2.33. The topological polar surface area (TPSA) is 109 Å². The highest BCUT2D eigenvalue weighted by atomic mass is 16.5. The molecular weight excluding hydrogens is 424 g/mol. The quantitative estimate of drug-likeness (QED) is 0.566. The number of urea groups is 1. The van der Waals surface area contributed by atoms with Crippen molar-refractivity contribution in [2.24, 2.45) is 11.8 Å². The monoisotopic (exact) mass is 458 g/mol. The van der Waals surface area contributed by atoms with Crippen LogP contribution < -0.4 is 25.5 Å². The largest absolute Gasteiger partial charge is 0.490 e. The van der Waals surface area contributed by atoms with Crippen LogP contribution in [0.4, 0.5) is 4.79 Å². The van der Waals surface area contributed by atoms with Gasteiger partial charge in [0.25, 0.3) is 11.8 Å². The first-order valence-corrected chi connectivity index (χ1v) is 11.9. The number of fused-ring (bicyclic) bond motifs is 1. The molecule has 1 aliphatic carbocycles. The number of nitrogens with zero attached hydrogens (tertiary/aromatic N) is 1. The van der Waals surface area contributed by atoms with E-state index in [2.05, 4.69) is 36.8 Å². The summed E-state index contributed by atoms with van der Waals surface area (Å²) in [4.78, 5) is 38.0. The van der Waals surface area contributed by atoms with Crippen LogP contribution in [-0.4, -0.2) is 48.2 Å². The number of hydrazine groups is 1. The van der Waals surface area contributed by atoms with Gasteiger partial charge in [-0.2, -0.15) is 5.01 Å². The molecular formula is C24H34N4O5. The van der Waals surface area contributed by atoms with Crippen LogP contribution >= 0.6 is 0 Å². The summed E-state index contributed by atoms with van der Waals surface area (Å²) in [6.07, 6.45) is 3.78. The Morgan fingerprint density at radius 2 is 1.88 bits per heavy atom. The first-order valence-electron chi connectivity index (χ1n) is 11.9. The van der Waals surface area contributed by atoms with Gasteiger partial charge in [0.2, 0.25) is 0 Å². The number of hydrogen-bond donors (Lipinski definition) is 3. The SMILES string of the molecule is CC1CCC2(CC1)NC(=O)N(NC(=O)CN[C@H](c1ccc3c(c1)OCCCO3)C(C)C)C2=O. The van der Waals surface area contributed by atoms with Crippen molar-refractivity contribution in [2.75, 3.05) is 19.8 Å². The molecule has 9 heteroatoms. The van der Waals surface area contributed by atoms with Crippen molar-refractivity contribution in [3.8, 4) is 11.5 Å². The van der Waals surface area contributed by atoms with Crippen molar-refractivity contribution in [1.82, 2.24) is 21.1 Å². The summed E-state index contributed by atoms with van der Waals surface area (Å²) in [6, 6.07) is 5.12. The van der Waals surface area contributed by atoms with E-state index in [1.807, 2.05) is 18.2 Å². The Kier molecular flexibility index (Phi) is 6.78. The lowest BCUT2D eigenvalue weighted by molar-refractivity contribution is -0.139. The van der Waals surface area contributed by atoms with Gasteiger partial charge in [0.1, 0.15) is 5.54 Å². The minimum atomic E-state index is -0.880. The second-order valence-electron chi connectivity index (χ2n) is 9.73. The van der Waals surface area contributed by atoms with Gasteiger partial charge in [-0.25, -0.2) is 4.79 Å². The van der Waals surface area contributed by atoms with Crippen LogP contribution in [0.1, 0.15) is 64.5 Å². The van der Waals surface area contributed by atoms with Gasteiger partial charge < -0.3 is 20.1 Å². The zero-order valence-corrected chi connectivity index (χ0v) is 19.6. The van der Waals surface area contributed by atoms with E-state index in [0.717, 1.165) is 35.6 Å². The molecule has 2 fully saturated rings. The smallest absolute Gasteiger partial charge is 0.344 e. The third kappa shape index (κ3) is 4.93. The highest BCUT2D eigenvalue weighted by molar-refractivity contribution is 6.08. The Bertz CT molecular complexity index is 910. The maximum absolute atomic E-state index is 12.9. The molecule has 0 aromatic heterocycles. The molecule has 1 atom stereocenters. The number of carbonyl (C=O) groups excluding carboxylic acids is 3.